The molecule has 0 rings (SSSR count). The van der Waals surface area contributed by atoms with Crippen LogP contribution in [0.2, 0.25) is 18.1 Å². The molecule has 0 aliphatic rings. The molecule has 24 heavy (non-hydrogen) atoms. The third kappa shape index (κ3) is 9.49. The number of methoxy groups -OCH3 is 1. The molecule has 1 atom stereocenters. The molecule has 0 N–H and O–H groups in total. The van der Waals surface area contributed by atoms with Gasteiger partial charge in [0.2, 0.25) is 0 Å². The number of carbonyl (C=O) groups excluding carboxylic acids is 2. The SMILES string of the molecule is COC(=O)CCC[C@H](C#C/C=C/C=C/C=O)O[Si](C)(C)C(C)(C)C. The molecule has 0 aromatic heterocycles. The minimum atomic E-state index is -1.94. The Balaban J connectivity index is 4.92. The molecule has 0 aromatic rings. The summed E-state index contributed by atoms with van der Waals surface area (Å²) in [5.41, 5.74) is 0. The van der Waals surface area contributed by atoms with Gasteiger partial charge in [0.05, 0.1) is 7.11 Å². The van der Waals surface area contributed by atoms with E-state index in [4.69, 9.17) is 4.43 Å². The Hall–Kier alpha value is -1.64. The molecule has 0 saturated carbocycles. The first-order chi connectivity index (χ1) is 11.1. The van der Waals surface area contributed by atoms with E-state index < -0.39 is 8.32 Å². The number of hydrogen-bond donors (Lipinski definition) is 0. The van der Waals surface area contributed by atoms with Gasteiger partial charge in [0.15, 0.2) is 8.32 Å². The van der Waals surface area contributed by atoms with Crippen molar-refractivity contribution in [2.45, 2.75) is 64.3 Å². The fraction of sp³-hybridized carbons (Fsp3) is 0.579. The van der Waals surface area contributed by atoms with Crippen LogP contribution in [0.1, 0.15) is 40.0 Å². The first kappa shape index (κ1) is 22.4. The third-order valence-electron chi connectivity index (χ3n) is 4.04. The van der Waals surface area contributed by atoms with Gasteiger partial charge in [0.25, 0.3) is 0 Å². The summed E-state index contributed by atoms with van der Waals surface area (Å²) in [4.78, 5) is 21.4. The first-order valence-corrected chi connectivity index (χ1v) is 11.1. The lowest BCUT2D eigenvalue weighted by Crippen LogP contribution is -2.43. The Morgan fingerprint density at radius 2 is 1.88 bits per heavy atom. The number of carbonyl (C=O) groups is 2. The van der Waals surface area contributed by atoms with Crippen molar-refractivity contribution in [2.75, 3.05) is 7.11 Å². The Labute approximate surface area is 147 Å². The summed E-state index contributed by atoms with van der Waals surface area (Å²) in [5.74, 6) is 5.86. The molecule has 0 heterocycles. The molecule has 4 nitrogen and oxygen atoms in total. The van der Waals surface area contributed by atoms with Gasteiger partial charge in [-0.05, 0) is 43.1 Å². The summed E-state index contributed by atoms with van der Waals surface area (Å²) in [7, 11) is -0.545. The summed E-state index contributed by atoms with van der Waals surface area (Å²) in [5, 5.41) is 0.0951. The highest BCUT2D eigenvalue weighted by molar-refractivity contribution is 6.74. The molecule has 0 bridgehead atoms. The van der Waals surface area contributed by atoms with Gasteiger partial charge in [-0.15, -0.1) is 0 Å². The highest BCUT2D eigenvalue weighted by atomic mass is 28.4. The second-order valence-corrected chi connectivity index (χ2v) is 11.8. The van der Waals surface area contributed by atoms with Gasteiger partial charge in [-0.25, -0.2) is 0 Å². The van der Waals surface area contributed by atoms with Crippen LogP contribution in [-0.2, 0) is 18.8 Å². The average molecular weight is 351 g/mol. The van der Waals surface area contributed by atoms with Crippen LogP contribution in [0, 0.1) is 11.8 Å². The molecule has 5 heteroatoms. The van der Waals surface area contributed by atoms with Crippen molar-refractivity contribution in [3.8, 4) is 11.8 Å². The van der Waals surface area contributed by atoms with Crippen molar-refractivity contribution >= 4 is 20.6 Å². The summed E-state index contributed by atoms with van der Waals surface area (Å²) in [6, 6.07) is 0. The number of ether oxygens (including phenoxy) is 1. The predicted octanol–water partition coefficient (Wildman–Crippen LogP) is 4.03. The molecule has 0 aromatic carbocycles. The van der Waals surface area contributed by atoms with E-state index >= 15 is 0 Å². The van der Waals surface area contributed by atoms with E-state index in [9.17, 15) is 9.59 Å². The molecule has 0 fully saturated rings. The maximum absolute atomic E-state index is 11.3. The lowest BCUT2D eigenvalue weighted by Gasteiger charge is -2.38. The zero-order valence-corrected chi connectivity index (χ0v) is 16.7. The molecule has 0 amide bonds. The van der Waals surface area contributed by atoms with Gasteiger partial charge in [0, 0.05) is 6.42 Å². The summed E-state index contributed by atoms with van der Waals surface area (Å²) in [6.45, 7) is 10.9. The van der Waals surface area contributed by atoms with Crippen LogP contribution in [0.15, 0.2) is 24.3 Å². The fourth-order valence-electron chi connectivity index (χ4n) is 1.58. The van der Waals surface area contributed by atoms with Crippen molar-refractivity contribution in [3.63, 3.8) is 0 Å². The van der Waals surface area contributed by atoms with Crippen molar-refractivity contribution in [3.05, 3.63) is 24.3 Å². The maximum Gasteiger partial charge on any atom is 0.305 e. The molecule has 0 unspecified atom stereocenters. The van der Waals surface area contributed by atoms with Crippen LogP contribution in [0.25, 0.3) is 0 Å². The van der Waals surface area contributed by atoms with Crippen molar-refractivity contribution in [2.24, 2.45) is 0 Å². The van der Waals surface area contributed by atoms with E-state index in [-0.39, 0.29) is 17.1 Å². The van der Waals surface area contributed by atoms with Gasteiger partial charge >= 0.3 is 5.97 Å². The quantitative estimate of drug-likeness (QED) is 0.166. The Morgan fingerprint density at radius 3 is 2.42 bits per heavy atom. The molecular formula is C19H30O4Si. The Morgan fingerprint density at radius 1 is 1.21 bits per heavy atom. The number of allylic oxidation sites excluding steroid dienone is 4. The van der Waals surface area contributed by atoms with Gasteiger partial charge in [-0.2, -0.15) is 0 Å². The zero-order valence-electron chi connectivity index (χ0n) is 15.7. The second kappa shape index (κ2) is 11.0. The minimum absolute atomic E-state index is 0.0951. The number of aldehydes is 1. The van der Waals surface area contributed by atoms with Crippen molar-refractivity contribution < 1.29 is 18.8 Å². The number of esters is 1. The van der Waals surface area contributed by atoms with E-state index in [0.29, 0.717) is 25.5 Å². The second-order valence-electron chi connectivity index (χ2n) is 7.00. The van der Waals surface area contributed by atoms with Crippen LogP contribution in [-0.4, -0.2) is 33.8 Å². The topological polar surface area (TPSA) is 52.6 Å². The average Bonchev–Trinajstić information content (AvgIpc) is 2.48. The first-order valence-electron chi connectivity index (χ1n) is 8.16. The standard InChI is InChI=1S/C19H30O4Si/c1-19(2,3)24(5,6)23-17(14-12-15-18(21)22-4)13-10-8-7-9-11-16-20/h7-9,11,16-17H,12,14-15H2,1-6H3/b8-7+,11-9+/t17-/m0/s1. The highest BCUT2D eigenvalue weighted by Crippen LogP contribution is 2.37. The summed E-state index contributed by atoms with van der Waals surface area (Å²) < 4.78 is 11.0. The van der Waals surface area contributed by atoms with E-state index in [1.165, 1.54) is 13.2 Å². The maximum atomic E-state index is 11.3. The van der Waals surface area contributed by atoms with Crippen molar-refractivity contribution in [1.82, 2.24) is 0 Å². The number of hydrogen-bond acceptors (Lipinski definition) is 4. The molecule has 0 radical (unpaired) electrons. The van der Waals surface area contributed by atoms with E-state index in [0.717, 1.165) is 0 Å². The van der Waals surface area contributed by atoms with Crippen LogP contribution >= 0.6 is 0 Å². The Bertz CT molecular complexity index is 516. The largest absolute Gasteiger partial charge is 0.469 e. The van der Waals surface area contributed by atoms with Gasteiger partial charge < -0.3 is 9.16 Å². The summed E-state index contributed by atoms with van der Waals surface area (Å²) in [6.07, 6.45) is 8.65. The van der Waals surface area contributed by atoms with E-state index in [2.05, 4.69) is 50.4 Å². The smallest absolute Gasteiger partial charge is 0.305 e. The Kier molecular flexibility index (Phi) is 10.3. The molecule has 0 aliphatic heterocycles. The summed E-state index contributed by atoms with van der Waals surface area (Å²) >= 11 is 0. The molecule has 134 valence electrons. The highest BCUT2D eigenvalue weighted by Gasteiger charge is 2.38. The van der Waals surface area contributed by atoms with Crippen LogP contribution in [0.3, 0.4) is 0 Å². The van der Waals surface area contributed by atoms with Crippen LogP contribution < -0.4 is 0 Å². The number of rotatable bonds is 8. The van der Waals surface area contributed by atoms with Gasteiger partial charge in [-0.1, -0.05) is 44.8 Å². The lowest BCUT2D eigenvalue weighted by atomic mass is 10.1. The van der Waals surface area contributed by atoms with Gasteiger partial charge in [0.1, 0.15) is 12.4 Å². The van der Waals surface area contributed by atoms with E-state index in [1.807, 2.05) is 0 Å². The van der Waals surface area contributed by atoms with Crippen LogP contribution in [0.5, 0.6) is 0 Å². The van der Waals surface area contributed by atoms with E-state index in [1.54, 1.807) is 18.2 Å². The molecular weight excluding hydrogens is 320 g/mol. The monoisotopic (exact) mass is 350 g/mol. The molecule has 0 aliphatic carbocycles. The zero-order chi connectivity index (χ0) is 18.6. The van der Waals surface area contributed by atoms with Crippen molar-refractivity contribution in [1.29, 1.82) is 0 Å². The normalized spacial score (nSPS) is 13.6. The van der Waals surface area contributed by atoms with Crippen LogP contribution in [0.4, 0.5) is 0 Å². The third-order valence-corrected chi connectivity index (χ3v) is 8.53. The fourth-order valence-corrected chi connectivity index (χ4v) is 2.82. The predicted molar refractivity (Wildman–Crippen MR) is 100 cm³/mol. The lowest BCUT2D eigenvalue weighted by molar-refractivity contribution is -0.140. The molecule has 0 saturated heterocycles. The van der Waals surface area contributed by atoms with Gasteiger partial charge in [-0.3, -0.25) is 9.59 Å². The molecule has 0 spiro atoms. The minimum Gasteiger partial charge on any atom is -0.469 e.